The molecule has 0 saturated carbocycles. The molecule has 4 rings (SSSR count). The van der Waals surface area contributed by atoms with E-state index in [-0.39, 0.29) is 24.0 Å². The molecule has 144 valence electrons. The Kier molecular flexibility index (Phi) is 5.35. The standard InChI is InChI=1S/C22H22ClN3O2/c23-19-9-2-1-7-16(19)18(14-5-3-6-15(27)11-14)12-22(28)24-13-21-17-8-4-10-20(17)25-26-21/h1-3,5-7,9,11,18,27H,4,8,10,12-13H2,(H,24,28)(H,25,26)/t18-/m1/s1. The Bertz CT molecular complexity index is 999. The summed E-state index contributed by atoms with van der Waals surface area (Å²) in [6.07, 6.45) is 3.42. The quantitative estimate of drug-likeness (QED) is 0.588. The highest BCUT2D eigenvalue weighted by Gasteiger charge is 2.22. The van der Waals surface area contributed by atoms with Crippen molar-refractivity contribution in [3.63, 3.8) is 0 Å². The van der Waals surface area contributed by atoms with E-state index in [9.17, 15) is 9.90 Å². The van der Waals surface area contributed by atoms with Crippen LogP contribution in [0.4, 0.5) is 0 Å². The van der Waals surface area contributed by atoms with Crippen LogP contribution >= 0.6 is 11.6 Å². The van der Waals surface area contributed by atoms with Gasteiger partial charge in [-0.2, -0.15) is 5.10 Å². The molecule has 1 amide bonds. The van der Waals surface area contributed by atoms with E-state index in [1.54, 1.807) is 18.2 Å². The number of H-pyrrole nitrogens is 1. The first kappa shape index (κ1) is 18.6. The number of aromatic nitrogens is 2. The van der Waals surface area contributed by atoms with Crippen LogP contribution in [0.2, 0.25) is 5.02 Å². The van der Waals surface area contributed by atoms with Crippen molar-refractivity contribution in [3.8, 4) is 5.75 Å². The number of carbonyl (C=O) groups is 1. The maximum atomic E-state index is 12.7. The molecule has 0 fully saturated rings. The predicted molar refractivity (Wildman–Crippen MR) is 108 cm³/mol. The van der Waals surface area contributed by atoms with E-state index >= 15 is 0 Å². The van der Waals surface area contributed by atoms with Crippen LogP contribution in [0.15, 0.2) is 48.5 Å². The molecule has 2 aromatic carbocycles. The number of aromatic hydroxyl groups is 1. The lowest BCUT2D eigenvalue weighted by Gasteiger charge is -2.19. The number of carbonyl (C=O) groups excluding carboxylic acids is 1. The minimum absolute atomic E-state index is 0.0805. The maximum absolute atomic E-state index is 12.7. The molecule has 28 heavy (non-hydrogen) atoms. The minimum Gasteiger partial charge on any atom is -0.508 e. The Balaban J connectivity index is 1.52. The van der Waals surface area contributed by atoms with Gasteiger partial charge in [-0.25, -0.2) is 0 Å². The number of aromatic amines is 1. The van der Waals surface area contributed by atoms with E-state index in [0.29, 0.717) is 11.6 Å². The van der Waals surface area contributed by atoms with E-state index in [2.05, 4.69) is 15.5 Å². The zero-order chi connectivity index (χ0) is 19.5. The molecule has 0 aliphatic heterocycles. The molecule has 1 atom stereocenters. The van der Waals surface area contributed by atoms with Crippen LogP contribution in [0.3, 0.4) is 0 Å². The molecule has 3 aromatic rings. The van der Waals surface area contributed by atoms with Gasteiger partial charge >= 0.3 is 0 Å². The van der Waals surface area contributed by atoms with Crippen molar-refractivity contribution in [2.45, 2.75) is 38.1 Å². The van der Waals surface area contributed by atoms with Gasteiger partial charge in [-0.3, -0.25) is 9.89 Å². The third-order valence-electron chi connectivity index (χ3n) is 5.29. The van der Waals surface area contributed by atoms with Crippen LogP contribution < -0.4 is 5.32 Å². The molecule has 1 heterocycles. The molecule has 1 aliphatic carbocycles. The minimum atomic E-state index is -0.245. The zero-order valence-electron chi connectivity index (χ0n) is 15.4. The van der Waals surface area contributed by atoms with Crippen molar-refractivity contribution >= 4 is 17.5 Å². The fourth-order valence-corrected chi connectivity index (χ4v) is 4.15. The van der Waals surface area contributed by atoms with Gasteiger partial charge in [0.25, 0.3) is 0 Å². The lowest BCUT2D eigenvalue weighted by atomic mass is 9.88. The highest BCUT2D eigenvalue weighted by atomic mass is 35.5. The van der Waals surface area contributed by atoms with Crippen LogP contribution in [-0.4, -0.2) is 21.2 Å². The monoisotopic (exact) mass is 395 g/mol. The van der Waals surface area contributed by atoms with Crippen LogP contribution in [0.5, 0.6) is 5.75 Å². The highest BCUT2D eigenvalue weighted by Crippen LogP contribution is 2.34. The fourth-order valence-electron chi connectivity index (χ4n) is 3.88. The van der Waals surface area contributed by atoms with Crippen molar-refractivity contribution in [2.24, 2.45) is 0 Å². The molecule has 0 radical (unpaired) electrons. The van der Waals surface area contributed by atoms with E-state index in [1.807, 2.05) is 30.3 Å². The molecular weight excluding hydrogens is 374 g/mol. The van der Waals surface area contributed by atoms with Gasteiger partial charge in [-0.1, -0.05) is 41.9 Å². The van der Waals surface area contributed by atoms with Crippen molar-refractivity contribution in [1.82, 2.24) is 15.5 Å². The zero-order valence-corrected chi connectivity index (χ0v) is 16.2. The summed E-state index contributed by atoms with van der Waals surface area (Å²) in [5.41, 5.74) is 5.08. The second-order valence-electron chi connectivity index (χ2n) is 7.13. The first-order valence-electron chi connectivity index (χ1n) is 9.47. The Labute approximate surface area is 168 Å². The predicted octanol–water partition coefficient (Wildman–Crippen LogP) is 4.10. The average Bonchev–Trinajstić information content (AvgIpc) is 3.29. The first-order chi connectivity index (χ1) is 13.6. The topological polar surface area (TPSA) is 78.0 Å². The van der Waals surface area contributed by atoms with Crippen molar-refractivity contribution in [2.75, 3.05) is 0 Å². The van der Waals surface area contributed by atoms with Gasteiger partial charge in [0.2, 0.25) is 5.91 Å². The van der Waals surface area contributed by atoms with E-state index in [1.165, 1.54) is 11.3 Å². The molecule has 5 nitrogen and oxygen atoms in total. The molecule has 1 aromatic heterocycles. The summed E-state index contributed by atoms with van der Waals surface area (Å²) in [6, 6.07) is 14.5. The molecule has 0 spiro atoms. The molecule has 6 heteroatoms. The number of aryl methyl sites for hydroxylation is 1. The van der Waals surface area contributed by atoms with Gasteiger partial charge in [0, 0.05) is 23.1 Å². The second-order valence-corrected chi connectivity index (χ2v) is 7.54. The smallest absolute Gasteiger partial charge is 0.221 e. The van der Waals surface area contributed by atoms with Crippen LogP contribution in [0.25, 0.3) is 0 Å². The first-order valence-corrected chi connectivity index (χ1v) is 9.84. The number of benzene rings is 2. The number of phenolic OH excluding ortho intramolecular Hbond substituents is 1. The number of nitrogens with zero attached hydrogens (tertiary/aromatic N) is 1. The Hall–Kier alpha value is -2.79. The molecule has 0 unspecified atom stereocenters. The maximum Gasteiger partial charge on any atom is 0.221 e. The summed E-state index contributed by atoms with van der Waals surface area (Å²) in [4.78, 5) is 12.7. The third kappa shape index (κ3) is 3.90. The van der Waals surface area contributed by atoms with Crippen LogP contribution in [0.1, 0.15) is 46.8 Å². The molecule has 0 bridgehead atoms. The molecule has 3 N–H and O–H groups in total. The molecule has 1 aliphatic rings. The molecular formula is C22H22ClN3O2. The summed E-state index contributed by atoms with van der Waals surface area (Å²) in [6.45, 7) is 0.417. The van der Waals surface area contributed by atoms with Gasteiger partial charge in [-0.05, 0) is 54.2 Å². The highest BCUT2D eigenvalue weighted by molar-refractivity contribution is 6.31. The average molecular weight is 396 g/mol. The summed E-state index contributed by atoms with van der Waals surface area (Å²) < 4.78 is 0. The van der Waals surface area contributed by atoms with Crippen LogP contribution in [-0.2, 0) is 24.2 Å². The Morgan fingerprint density at radius 3 is 2.89 bits per heavy atom. The number of rotatable bonds is 6. The van der Waals surface area contributed by atoms with E-state index < -0.39 is 0 Å². The Morgan fingerprint density at radius 2 is 2.07 bits per heavy atom. The number of hydrogen-bond donors (Lipinski definition) is 3. The van der Waals surface area contributed by atoms with Gasteiger partial charge in [0.15, 0.2) is 0 Å². The largest absolute Gasteiger partial charge is 0.508 e. The normalized spacial score (nSPS) is 13.9. The molecule has 0 saturated heterocycles. The van der Waals surface area contributed by atoms with Crippen molar-refractivity contribution in [1.29, 1.82) is 0 Å². The summed E-state index contributed by atoms with van der Waals surface area (Å²) >= 11 is 6.41. The van der Waals surface area contributed by atoms with E-state index in [0.717, 1.165) is 36.1 Å². The summed E-state index contributed by atoms with van der Waals surface area (Å²) in [7, 11) is 0. The number of halogens is 1. The summed E-state index contributed by atoms with van der Waals surface area (Å²) in [5, 5.41) is 20.9. The van der Waals surface area contributed by atoms with Gasteiger partial charge in [0.1, 0.15) is 5.75 Å². The lowest BCUT2D eigenvalue weighted by Crippen LogP contribution is -2.25. The van der Waals surface area contributed by atoms with Crippen molar-refractivity contribution < 1.29 is 9.90 Å². The SMILES string of the molecule is O=C(C[C@H](c1cccc(O)c1)c1ccccc1Cl)NCc1n[nH]c2c1CCC2. The summed E-state index contributed by atoms with van der Waals surface area (Å²) in [5.74, 6) is -0.157. The number of phenols is 1. The van der Waals surface area contributed by atoms with Gasteiger partial charge in [0.05, 0.1) is 12.2 Å². The third-order valence-corrected chi connectivity index (χ3v) is 5.63. The Morgan fingerprint density at radius 1 is 1.21 bits per heavy atom. The second kappa shape index (κ2) is 8.07. The number of amides is 1. The lowest BCUT2D eigenvalue weighted by molar-refractivity contribution is -0.121. The van der Waals surface area contributed by atoms with Crippen LogP contribution in [0, 0.1) is 0 Å². The van der Waals surface area contributed by atoms with Gasteiger partial charge in [-0.15, -0.1) is 0 Å². The number of nitrogens with one attached hydrogen (secondary N) is 2. The fraction of sp³-hybridized carbons (Fsp3) is 0.273. The van der Waals surface area contributed by atoms with E-state index in [4.69, 9.17) is 11.6 Å². The number of hydrogen-bond acceptors (Lipinski definition) is 3. The number of fused-ring (bicyclic) bond motifs is 1. The van der Waals surface area contributed by atoms with Gasteiger partial charge < -0.3 is 10.4 Å². The van der Waals surface area contributed by atoms with Crippen molar-refractivity contribution in [3.05, 3.63) is 81.6 Å².